The zero-order valence-electron chi connectivity index (χ0n) is 14.3. The van der Waals surface area contributed by atoms with Crippen LogP contribution in [-0.4, -0.2) is 32.8 Å². The number of nitro groups is 1. The van der Waals surface area contributed by atoms with Crippen LogP contribution in [0, 0.1) is 10.1 Å². The predicted molar refractivity (Wildman–Crippen MR) is 95.7 cm³/mol. The van der Waals surface area contributed by atoms with Gasteiger partial charge in [0.25, 0.3) is 5.69 Å². The van der Waals surface area contributed by atoms with E-state index < -0.39 is 14.8 Å². The molecule has 0 fully saturated rings. The molecule has 1 atom stereocenters. The molecule has 3 rings (SSSR count). The Kier molecular flexibility index (Phi) is 4.73. The van der Waals surface area contributed by atoms with Crippen LogP contribution in [0.2, 0.25) is 0 Å². The molecule has 2 aromatic rings. The van der Waals surface area contributed by atoms with Crippen LogP contribution in [0.15, 0.2) is 41.3 Å². The van der Waals surface area contributed by atoms with Crippen LogP contribution in [-0.2, 0) is 9.84 Å². The molecule has 0 bridgehead atoms. The molecular weight excluding hydrogens is 360 g/mol. The molecule has 0 aliphatic carbocycles. The van der Waals surface area contributed by atoms with Gasteiger partial charge in [0.15, 0.2) is 21.3 Å². The summed E-state index contributed by atoms with van der Waals surface area (Å²) in [6.07, 6.45) is 1.01. The van der Waals surface area contributed by atoms with Gasteiger partial charge in [0, 0.05) is 18.4 Å². The van der Waals surface area contributed by atoms with E-state index in [4.69, 9.17) is 9.47 Å². The first kappa shape index (κ1) is 18.0. The predicted octanol–water partition coefficient (Wildman–Crippen LogP) is 2.94. The number of nitro benzene ring substituents is 1. The fourth-order valence-electron chi connectivity index (χ4n) is 2.66. The van der Waals surface area contributed by atoms with Crippen LogP contribution in [0.4, 0.5) is 11.4 Å². The largest absolute Gasteiger partial charge is 0.486 e. The van der Waals surface area contributed by atoms with Crippen LogP contribution in [0.1, 0.15) is 18.5 Å². The number of benzene rings is 2. The van der Waals surface area contributed by atoms with Gasteiger partial charge in [-0.25, -0.2) is 8.42 Å². The van der Waals surface area contributed by atoms with Gasteiger partial charge in [0.2, 0.25) is 0 Å². The number of fused-ring (bicyclic) bond motifs is 1. The number of hydrogen-bond donors (Lipinski definition) is 1. The Bertz CT molecular complexity index is 958. The molecule has 9 heteroatoms. The van der Waals surface area contributed by atoms with Crippen molar-refractivity contribution in [3.8, 4) is 11.5 Å². The highest BCUT2D eigenvalue weighted by atomic mass is 32.2. The summed E-state index contributed by atoms with van der Waals surface area (Å²) in [6.45, 7) is 2.81. The highest BCUT2D eigenvalue weighted by molar-refractivity contribution is 7.90. The smallest absolute Gasteiger partial charge is 0.293 e. The number of anilines is 1. The maximum atomic E-state index is 11.6. The summed E-state index contributed by atoms with van der Waals surface area (Å²) in [5, 5.41) is 14.4. The van der Waals surface area contributed by atoms with Gasteiger partial charge in [-0.05, 0) is 36.8 Å². The second kappa shape index (κ2) is 6.83. The molecule has 8 nitrogen and oxygen atoms in total. The van der Waals surface area contributed by atoms with Crippen molar-refractivity contribution in [3.63, 3.8) is 0 Å². The Morgan fingerprint density at radius 2 is 1.81 bits per heavy atom. The molecule has 1 aliphatic rings. The summed E-state index contributed by atoms with van der Waals surface area (Å²) in [5.74, 6) is 1.29. The quantitative estimate of drug-likeness (QED) is 0.629. The van der Waals surface area contributed by atoms with Crippen LogP contribution in [0.3, 0.4) is 0 Å². The molecule has 0 radical (unpaired) electrons. The standard InChI is InChI=1S/C17H18N2O6S/c1-11(12-3-6-16-17(9-12)25-8-7-24-16)18-14-5-4-13(26(2,22)23)10-15(14)19(20)21/h3-6,9-11,18H,7-8H2,1-2H3/t11-/m0/s1. The van der Waals surface area contributed by atoms with E-state index in [1.54, 1.807) is 6.07 Å². The first-order chi connectivity index (χ1) is 12.3. The summed E-state index contributed by atoms with van der Waals surface area (Å²) < 4.78 is 34.3. The lowest BCUT2D eigenvalue weighted by atomic mass is 10.1. The topological polar surface area (TPSA) is 108 Å². The van der Waals surface area contributed by atoms with Gasteiger partial charge in [-0.1, -0.05) is 6.07 Å². The maximum Gasteiger partial charge on any atom is 0.293 e. The molecule has 0 spiro atoms. The van der Waals surface area contributed by atoms with Gasteiger partial charge < -0.3 is 14.8 Å². The Hall–Kier alpha value is -2.81. The second-order valence-electron chi connectivity index (χ2n) is 5.98. The van der Waals surface area contributed by atoms with E-state index in [2.05, 4.69) is 5.32 Å². The molecule has 26 heavy (non-hydrogen) atoms. The summed E-state index contributed by atoms with van der Waals surface area (Å²) in [5.41, 5.74) is 0.804. The molecule has 2 aromatic carbocycles. The Morgan fingerprint density at radius 3 is 2.46 bits per heavy atom. The summed E-state index contributed by atoms with van der Waals surface area (Å²) >= 11 is 0. The highest BCUT2D eigenvalue weighted by Crippen LogP contribution is 2.35. The Balaban J connectivity index is 1.89. The molecule has 0 aromatic heterocycles. The molecule has 0 saturated carbocycles. The van der Waals surface area contributed by atoms with Gasteiger partial charge in [0.1, 0.15) is 18.9 Å². The van der Waals surface area contributed by atoms with Gasteiger partial charge in [-0.3, -0.25) is 10.1 Å². The second-order valence-corrected chi connectivity index (χ2v) is 7.99. The minimum atomic E-state index is -3.53. The summed E-state index contributed by atoms with van der Waals surface area (Å²) in [6, 6.07) is 9.01. The number of ether oxygens (including phenoxy) is 2. The zero-order valence-corrected chi connectivity index (χ0v) is 15.1. The van der Waals surface area contributed by atoms with Gasteiger partial charge in [-0.15, -0.1) is 0 Å². The number of nitrogens with one attached hydrogen (secondary N) is 1. The molecule has 0 saturated heterocycles. The van der Waals surface area contributed by atoms with Crippen molar-refractivity contribution >= 4 is 21.2 Å². The van der Waals surface area contributed by atoms with E-state index in [9.17, 15) is 18.5 Å². The first-order valence-corrected chi connectivity index (χ1v) is 9.79. The lowest BCUT2D eigenvalue weighted by molar-refractivity contribution is -0.384. The summed E-state index contributed by atoms with van der Waals surface area (Å²) in [4.78, 5) is 10.6. The third-order valence-electron chi connectivity index (χ3n) is 4.03. The minimum absolute atomic E-state index is 0.0956. The molecular formula is C17H18N2O6S. The van der Waals surface area contributed by atoms with Crippen LogP contribution < -0.4 is 14.8 Å². The number of nitrogens with zero attached hydrogens (tertiary/aromatic N) is 1. The fraction of sp³-hybridized carbons (Fsp3) is 0.294. The zero-order chi connectivity index (χ0) is 18.9. The van der Waals surface area contributed by atoms with Gasteiger partial charge in [0.05, 0.1) is 9.82 Å². The SMILES string of the molecule is C[C@H](Nc1ccc(S(C)(=O)=O)cc1[N+](=O)[O-])c1ccc2c(c1)OCCO2. The molecule has 0 amide bonds. The number of rotatable bonds is 5. The monoisotopic (exact) mass is 378 g/mol. The maximum absolute atomic E-state index is 11.6. The van der Waals surface area contributed by atoms with E-state index in [-0.39, 0.29) is 22.3 Å². The van der Waals surface area contributed by atoms with Crippen LogP contribution in [0.25, 0.3) is 0 Å². The van der Waals surface area contributed by atoms with Crippen molar-refractivity contribution in [2.24, 2.45) is 0 Å². The van der Waals surface area contributed by atoms with Crippen molar-refractivity contribution in [3.05, 3.63) is 52.1 Å². The van der Waals surface area contributed by atoms with Crippen molar-refractivity contribution in [1.82, 2.24) is 0 Å². The lowest BCUT2D eigenvalue weighted by Crippen LogP contribution is -2.16. The third kappa shape index (κ3) is 3.72. The van der Waals surface area contributed by atoms with Crippen molar-refractivity contribution in [2.45, 2.75) is 17.9 Å². The number of sulfone groups is 1. The minimum Gasteiger partial charge on any atom is -0.486 e. The fourth-order valence-corrected chi connectivity index (χ4v) is 3.30. The average Bonchev–Trinajstić information content (AvgIpc) is 2.60. The lowest BCUT2D eigenvalue weighted by Gasteiger charge is -2.21. The normalized spacial score (nSPS) is 14.5. The van der Waals surface area contributed by atoms with Gasteiger partial charge in [-0.2, -0.15) is 0 Å². The van der Waals surface area contributed by atoms with E-state index in [0.29, 0.717) is 24.7 Å². The highest BCUT2D eigenvalue weighted by Gasteiger charge is 2.21. The molecule has 0 unspecified atom stereocenters. The van der Waals surface area contributed by atoms with E-state index in [1.807, 2.05) is 19.1 Å². The molecule has 1 N–H and O–H groups in total. The number of hydrogen-bond acceptors (Lipinski definition) is 7. The van der Waals surface area contributed by atoms with Gasteiger partial charge >= 0.3 is 0 Å². The van der Waals surface area contributed by atoms with Crippen molar-refractivity contribution in [2.75, 3.05) is 24.8 Å². The van der Waals surface area contributed by atoms with E-state index in [0.717, 1.165) is 17.9 Å². The van der Waals surface area contributed by atoms with Crippen molar-refractivity contribution < 1.29 is 22.8 Å². The molecule has 138 valence electrons. The van der Waals surface area contributed by atoms with Crippen LogP contribution in [0.5, 0.6) is 11.5 Å². The molecule has 1 aliphatic heterocycles. The molecule has 1 heterocycles. The third-order valence-corrected chi connectivity index (χ3v) is 5.14. The first-order valence-electron chi connectivity index (χ1n) is 7.90. The Labute approximate surface area is 150 Å². The summed E-state index contributed by atoms with van der Waals surface area (Å²) in [7, 11) is -3.53. The van der Waals surface area contributed by atoms with E-state index in [1.165, 1.54) is 12.1 Å². The van der Waals surface area contributed by atoms with Crippen LogP contribution >= 0.6 is 0 Å². The average molecular weight is 378 g/mol. The Morgan fingerprint density at radius 1 is 1.12 bits per heavy atom. The van der Waals surface area contributed by atoms with E-state index >= 15 is 0 Å². The van der Waals surface area contributed by atoms with Crippen molar-refractivity contribution in [1.29, 1.82) is 0 Å².